The minimum absolute atomic E-state index is 0.571. The molecule has 0 fully saturated rings. The van der Waals surface area contributed by atoms with Gasteiger partial charge in [0.1, 0.15) is 0 Å². The van der Waals surface area contributed by atoms with Gasteiger partial charge in [-0.15, -0.1) is 0 Å². The summed E-state index contributed by atoms with van der Waals surface area (Å²) in [5, 5.41) is 8.01. The molecule has 0 aliphatic heterocycles. The topological polar surface area (TPSA) is 29.9 Å². The summed E-state index contributed by atoms with van der Waals surface area (Å²) >= 11 is 0. The summed E-state index contributed by atoms with van der Waals surface area (Å²) in [5.41, 5.74) is 2.34. The molecule has 0 saturated heterocycles. The molecule has 3 heteroatoms. The van der Waals surface area contributed by atoms with E-state index >= 15 is 0 Å². The molecule has 21 heavy (non-hydrogen) atoms. The molecule has 1 aromatic heterocycles. The van der Waals surface area contributed by atoms with E-state index in [0.717, 1.165) is 12.2 Å². The first kappa shape index (κ1) is 15.8. The molecule has 0 aliphatic carbocycles. The highest BCUT2D eigenvalue weighted by Crippen LogP contribution is 2.09. The molecule has 1 heterocycles. The zero-order valence-corrected chi connectivity index (χ0v) is 13.3. The van der Waals surface area contributed by atoms with Crippen LogP contribution < -0.4 is 5.32 Å². The number of hydrogen-bond acceptors (Lipinski definition) is 2. The predicted octanol–water partition coefficient (Wildman–Crippen LogP) is 4.32. The van der Waals surface area contributed by atoms with Gasteiger partial charge in [0, 0.05) is 24.3 Å². The Balaban J connectivity index is 1.75. The van der Waals surface area contributed by atoms with Gasteiger partial charge in [-0.1, -0.05) is 50.8 Å². The lowest BCUT2D eigenvalue weighted by atomic mass is 10.1. The molecule has 1 N–H and O–H groups in total. The summed E-state index contributed by atoms with van der Waals surface area (Å²) in [4.78, 5) is 0. The lowest BCUT2D eigenvalue weighted by molar-refractivity contribution is 0.482. The molecule has 3 nitrogen and oxygen atoms in total. The molecular weight excluding hydrogens is 258 g/mol. The Hall–Kier alpha value is -1.61. The molecule has 2 rings (SSSR count). The minimum atomic E-state index is 0.571. The third kappa shape index (κ3) is 5.35. The van der Waals surface area contributed by atoms with Crippen LogP contribution in [0.15, 0.2) is 42.7 Å². The first-order valence-corrected chi connectivity index (χ1v) is 8.12. The molecule has 0 spiro atoms. The van der Waals surface area contributed by atoms with Crippen LogP contribution in [0, 0.1) is 0 Å². The largest absolute Gasteiger partial charge is 0.310 e. The first-order valence-electron chi connectivity index (χ1n) is 8.12. The number of unbranched alkanes of at least 4 members (excludes halogenated alkanes) is 3. The van der Waals surface area contributed by atoms with Crippen LogP contribution >= 0.6 is 0 Å². The van der Waals surface area contributed by atoms with Gasteiger partial charge in [0.15, 0.2) is 0 Å². The molecule has 1 unspecified atom stereocenters. The Morgan fingerprint density at radius 1 is 1.14 bits per heavy atom. The van der Waals surface area contributed by atoms with Crippen LogP contribution in [0.25, 0.3) is 5.69 Å². The Labute approximate surface area is 128 Å². The molecule has 1 atom stereocenters. The maximum Gasteiger partial charge on any atom is 0.0645 e. The van der Waals surface area contributed by atoms with Crippen molar-refractivity contribution >= 4 is 0 Å². The average molecular weight is 285 g/mol. The maximum atomic E-state index is 4.43. The standard InChI is InChI=1S/C18H27N3/c1-3-4-5-7-10-16(2)19-13-17-14-20-21(15-17)18-11-8-6-9-12-18/h6,8-9,11-12,14-16,19H,3-5,7,10,13H2,1-2H3. The number of nitrogens with one attached hydrogen (secondary N) is 1. The highest BCUT2D eigenvalue weighted by Gasteiger charge is 2.04. The Bertz CT molecular complexity index is 504. The number of para-hydroxylation sites is 1. The van der Waals surface area contributed by atoms with Gasteiger partial charge in [-0.3, -0.25) is 0 Å². The van der Waals surface area contributed by atoms with Gasteiger partial charge in [0.25, 0.3) is 0 Å². The van der Waals surface area contributed by atoms with Crippen molar-refractivity contribution in [1.29, 1.82) is 0 Å². The smallest absolute Gasteiger partial charge is 0.0645 e. The van der Waals surface area contributed by atoms with Crippen molar-refractivity contribution in [2.75, 3.05) is 0 Å². The third-order valence-electron chi connectivity index (χ3n) is 3.80. The molecule has 0 bridgehead atoms. The molecular formula is C18H27N3. The van der Waals surface area contributed by atoms with E-state index in [4.69, 9.17) is 0 Å². The van der Waals surface area contributed by atoms with Crippen LogP contribution in [0.5, 0.6) is 0 Å². The second-order valence-electron chi connectivity index (χ2n) is 5.76. The van der Waals surface area contributed by atoms with E-state index in [9.17, 15) is 0 Å². The molecule has 0 saturated carbocycles. The van der Waals surface area contributed by atoms with E-state index < -0.39 is 0 Å². The summed E-state index contributed by atoms with van der Waals surface area (Å²) in [6.45, 7) is 5.42. The molecule has 0 amide bonds. The van der Waals surface area contributed by atoms with Gasteiger partial charge < -0.3 is 5.32 Å². The summed E-state index contributed by atoms with van der Waals surface area (Å²) in [6, 6.07) is 10.8. The fourth-order valence-corrected chi connectivity index (χ4v) is 2.44. The molecule has 0 aliphatic rings. The van der Waals surface area contributed by atoms with Crippen molar-refractivity contribution in [2.45, 2.75) is 58.5 Å². The van der Waals surface area contributed by atoms with Crippen LogP contribution in [0.1, 0.15) is 51.5 Å². The predicted molar refractivity (Wildman–Crippen MR) is 88.6 cm³/mol. The monoisotopic (exact) mass is 285 g/mol. The van der Waals surface area contributed by atoms with Crippen LogP contribution in [0.4, 0.5) is 0 Å². The summed E-state index contributed by atoms with van der Waals surface area (Å²) in [5.74, 6) is 0. The summed E-state index contributed by atoms with van der Waals surface area (Å²) in [7, 11) is 0. The lowest BCUT2D eigenvalue weighted by Crippen LogP contribution is -2.25. The zero-order valence-electron chi connectivity index (χ0n) is 13.3. The van der Waals surface area contributed by atoms with E-state index in [-0.39, 0.29) is 0 Å². The summed E-state index contributed by atoms with van der Waals surface area (Å²) < 4.78 is 1.93. The number of aromatic nitrogens is 2. The first-order chi connectivity index (χ1) is 10.3. The van der Waals surface area contributed by atoms with Gasteiger partial charge in [-0.25, -0.2) is 4.68 Å². The van der Waals surface area contributed by atoms with E-state index in [1.165, 1.54) is 37.7 Å². The van der Waals surface area contributed by atoms with Gasteiger partial charge in [-0.05, 0) is 25.5 Å². The van der Waals surface area contributed by atoms with E-state index in [2.05, 4.69) is 42.6 Å². The quantitative estimate of drug-likeness (QED) is 0.695. The minimum Gasteiger partial charge on any atom is -0.310 e. The molecule has 0 radical (unpaired) electrons. The maximum absolute atomic E-state index is 4.43. The molecule has 2 aromatic rings. The highest BCUT2D eigenvalue weighted by atomic mass is 15.3. The van der Waals surface area contributed by atoms with Crippen molar-refractivity contribution in [3.63, 3.8) is 0 Å². The average Bonchev–Trinajstić information content (AvgIpc) is 2.99. The van der Waals surface area contributed by atoms with E-state index in [1.54, 1.807) is 0 Å². The third-order valence-corrected chi connectivity index (χ3v) is 3.80. The van der Waals surface area contributed by atoms with Gasteiger partial charge in [0.2, 0.25) is 0 Å². The van der Waals surface area contributed by atoms with Gasteiger partial charge in [0.05, 0.1) is 11.9 Å². The Morgan fingerprint density at radius 2 is 1.95 bits per heavy atom. The van der Waals surface area contributed by atoms with Crippen molar-refractivity contribution in [3.8, 4) is 5.69 Å². The Morgan fingerprint density at radius 3 is 2.71 bits per heavy atom. The van der Waals surface area contributed by atoms with Crippen LogP contribution in [-0.4, -0.2) is 15.8 Å². The van der Waals surface area contributed by atoms with Crippen molar-refractivity contribution in [1.82, 2.24) is 15.1 Å². The van der Waals surface area contributed by atoms with Gasteiger partial charge >= 0.3 is 0 Å². The Kier molecular flexibility index (Phi) is 6.48. The fourth-order valence-electron chi connectivity index (χ4n) is 2.44. The van der Waals surface area contributed by atoms with Crippen molar-refractivity contribution < 1.29 is 0 Å². The molecule has 1 aromatic carbocycles. The van der Waals surface area contributed by atoms with Crippen LogP contribution in [0.2, 0.25) is 0 Å². The van der Waals surface area contributed by atoms with Gasteiger partial charge in [-0.2, -0.15) is 5.10 Å². The number of hydrogen-bond donors (Lipinski definition) is 1. The number of nitrogens with zero attached hydrogens (tertiary/aromatic N) is 2. The van der Waals surface area contributed by atoms with Crippen molar-refractivity contribution in [2.24, 2.45) is 0 Å². The second kappa shape index (κ2) is 8.63. The number of rotatable bonds is 9. The normalized spacial score (nSPS) is 12.5. The highest BCUT2D eigenvalue weighted by molar-refractivity contribution is 5.30. The second-order valence-corrected chi connectivity index (χ2v) is 5.76. The SMILES string of the molecule is CCCCCCC(C)NCc1cnn(-c2ccccc2)c1. The zero-order chi connectivity index (χ0) is 14.9. The van der Waals surface area contributed by atoms with E-state index in [0.29, 0.717) is 6.04 Å². The number of benzene rings is 1. The molecule has 114 valence electrons. The lowest BCUT2D eigenvalue weighted by Gasteiger charge is -2.12. The fraction of sp³-hybridized carbons (Fsp3) is 0.500. The van der Waals surface area contributed by atoms with Crippen LogP contribution in [-0.2, 0) is 6.54 Å². The summed E-state index contributed by atoms with van der Waals surface area (Å²) in [6.07, 6.45) is 10.7. The van der Waals surface area contributed by atoms with E-state index in [1.807, 2.05) is 29.1 Å². The van der Waals surface area contributed by atoms with Crippen LogP contribution in [0.3, 0.4) is 0 Å². The van der Waals surface area contributed by atoms with Crippen molar-refractivity contribution in [3.05, 3.63) is 48.3 Å².